The fourth-order valence-corrected chi connectivity index (χ4v) is 4.37. The van der Waals surface area contributed by atoms with Gasteiger partial charge in [0.1, 0.15) is 0 Å². The van der Waals surface area contributed by atoms with E-state index in [-0.39, 0.29) is 29.1 Å². The molecule has 1 saturated heterocycles. The van der Waals surface area contributed by atoms with Crippen LogP contribution in [0.2, 0.25) is 0 Å². The minimum atomic E-state index is -3.67. The summed E-state index contributed by atoms with van der Waals surface area (Å²) < 4.78 is 32.5. The van der Waals surface area contributed by atoms with Crippen LogP contribution >= 0.6 is 12.4 Å². The van der Waals surface area contributed by atoms with Gasteiger partial charge in [-0.05, 0) is 37.5 Å². The first-order valence-electron chi connectivity index (χ1n) is 8.83. The molecule has 1 fully saturated rings. The van der Waals surface area contributed by atoms with E-state index in [0.29, 0.717) is 44.0 Å². The largest absolute Gasteiger partial charge is 0.379 e. The summed E-state index contributed by atoms with van der Waals surface area (Å²) in [4.78, 5) is 12.9. The van der Waals surface area contributed by atoms with Gasteiger partial charge in [-0.1, -0.05) is 19.9 Å². The zero-order valence-electron chi connectivity index (χ0n) is 16.3. The normalized spacial score (nSPS) is 17.9. The molecule has 1 aliphatic rings. The van der Waals surface area contributed by atoms with E-state index in [1.54, 1.807) is 19.1 Å². The van der Waals surface area contributed by atoms with Crippen LogP contribution in [0.25, 0.3) is 0 Å². The predicted octanol–water partition coefficient (Wildman–Crippen LogP) is 1.54. The lowest BCUT2D eigenvalue weighted by molar-refractivity contribution is 0.0730. The first-order valence-corrected chi connectivity index (χ1v) is 10.3. The molecule has 3 N–H and O–H groups in total. The highest BCUT2D eigenvalue weighted by Crippen LogP contribution is 2.23. The molecule has 0 radical (unpaired) electrons. The van der Waals surface area contributed by atoms with Gasteiger partial charge in [-0.15, -0.1) is 12.4 Å². The van der Waals surface area contributed by atoms with Gasteiger partial charge in [-0.3, -0.25) is 4.79 Å². The van der Waals surface area contributed by atoms with E-state index in [0.717, 1.165) is 0 Å². The standard InChI is InChI=1S/C18H29N3O4S.ClH/c1-13(2)18(4,12-19)20-17(22)15-6-5-14(3)16(11-15)26(23,24)21-7-9-25-10-8-21;/h5-6,11,13H,7-10,12,19H2,1-4H3,(H,20,22);1H. The topological polar surface area (TPSA) is 102 Å². The van der Waals surface area contributed by atoms with E-state index in [4.69, 9.17) is 10.5 Å². The monoisotopic (exact) mass is 419 g/mol. The molecule has 0 spiro atoms. The number of rotatable bonds is 6. The molecule has 1 atom stereocenters. The SMILES string of the molecule is Cc1ccc(C(=O)NC(C)(CN)C(C)C)cc1S(=O)(=O)N1CCOCC1.Cl. The van der Waals surface area contributed by atoms with E-state index in [9.17, 15) is 13.2 Å². The van der Waals surface area contributed by atoms with E-state index in [1.807, 2.05) is 20.8 Å². The van der Waals surface area contributed by atoms with E-state index in [1.165, 1.54) is 10.4 Å². The summed E-state index contributed by atoms with van der Waals surface area (Å²) in [5.41, 5.74) is 6.18. The number of ether oxygens (including phenoxy) is 1. The van der Waals surface area contributed by atoms with Crippen molar-refractivity contribution in [3.05, 3.63) is 29.3 Å². The van der Waals surface area contributed by atoms with Crippen LogP contribution in [0.4, 0.5) is 0 Å². The molecule has 1 unspecified atom stereocenters. The van der Waals surface area contributed by atoms with Crippen molar-refractivity contribution in [1.82, 2.24) is 9.62 Å². The highest BCUT2D eigenvalue weighted by molar-refractivity contribution is 7.89. The smallest absolute Gasteiger partial charge is 0.251 e. The van der Waals surface area contributed by atoms with Gasteiger partial charge in [-0.2, -0.15) is 4.31 Å². The van der Waals surface area contributed by atoms with Crippen molar-refractivity contribution >= 4 is 28.3 Å². The first-order chi connectivity index (χ1) is 12.1. The Morgan fingerprint density at radius 1 is 1.33 bits per heavy atom. The van der Waals surface area contributed by atoms with Gasteiger partial charge in [0.25, 0.3) is 5.91 Å². The predicted molar refractivity (Wildman–Crippen MR) is 108 cm³/mol. The summed E-state index contributed by atoms with van der Waals surface area (Å²) in [6, 6.07) is 4.75. The maximum atomic E-state index is 13.0. The van der Waals surface area contributed by atoms with Crippen molar-refractivity contribution in [2.45, 2.75) is 38.1 Å². The van der Waals surface area contributed by atoms with Crippen LogP contribution in [0, 0.1) is 12.8 Å². The number of hydrogen-bond acceptors (Lipinski definition) is 5. The Bertz CT molecular complexity index is 764. The van der Waals surface area contributed by atoms with E-state index < -0.39 is 15.6 Å². The average molecular weight is 420 g/mol. The lowest BCUT2D eigenvalue weighted by Crippen LogP contribution is -2.55. The molecule has 1 aromatic rings. The molecule has 154 valence electrons. The van der Waals surface area contributed by atoms with Crippen molar-refractivity contribution in [2.75, 3.05) is 32.8 Å². The molecule has 1 aliphatic heterocycles. The number of nitrogens with two attached hydrogens (primary N) is 1. The van der Waals surface area contributed by atoms with E-state index >= 15 is 0 Å². The fourth-order valence-electron chi connectivity index (χ4n) is 2.71. The molecule has 0 aliphatic carbocycles. The van der Waals surface area contributed by atoms with Gasteiger partial charge >= 0.3 is 0 Å². The third-order valence-electron chi connectivity index (χ3n) is 5.14. The Hall–Kier alpha value is -1.19. The minimum Gasteiger partial charge on any atom is -0.379 e. The van der Waals surface area contributed by atoms with Crippen LogP contribution in [0.5, 0.6) is 0 Å². The first kappa shape index (κ1) is 23.8. The molecule has 2 rings (SSSR count). The number of morpholine rings is 1. The van der Waals surface area contributed by atoms with Crippen molar-refractivity contribution < 1.29 is 17.9 Å². The maximum absolute atomic E-state index is 13.0. The van der Waals surface area contributed by atoms with Crippen LogP contribution < -0.4 is 11.1 Å². The van der Waals surface area contributed by atoms with Crippen LogP contribution in [0.1, 0.15) is 36.7 Å². The maximum Gasteiger partial charge on any atom is 0.251 e. The van der Waals surface area contributed by atoms with Crippen molar-refractivity contribution in [2.24, 2.45) is 11.7 Å². The molecule has 27 heavy (non-hydrogen) atoms. The zero-order chi connectivity index (χ0) is 19.5. The molecule has 7 nitrogen and oxygen atoms in total. The number of sulfonamides is 1. The van der Waals surface area contributed by atoms with Gasteiger partial charge in [-0.25, -0.2) is 8.42 Å². The molecule has 9 heteroatoms. The minimum absolute atomic E-state index is 0. The summed E-state index contributed by atoms with van der Waals surface area (Å²) in [7, 11) is -3.67. The molecule has 0 saturated carbocycles. The molecule has 1 heterocycles. The third-order valence-corrected chi connectivity index (χ3v) is 7.18. The molecule has 0 aromatic heterocycles. The molecule has 0 bridgehead atoms. The third kappa shape index (κ3) is 5.20. The number of halogens is 1. The zero-order valence-corrected chi connectivity index (χ0v) is 18.0. The Morgan fingerprint density at radius 2 is 1.93 bits per heavy atom. The average Bonchev–Trinajstić information content (AvgIpc) is 2.62. The van der Waals surface area contributed by atoms with Gasteiger partial charge in [0.15, 0.2) is 0 Å². The summed E-state index contributed by atoms with van der Waals surface area (Å²) in [6.45, 7) is 9.26. The lowest BCUT2D eigenvalue weighted by Gasteiger charge is -2.33. The van der Waals surface area contributed by atoms with Crippen LogP contribution in [0.3, 0.4) is 0 Å². The Balaban J connectivity index is 0.00000364. The Morgan fingerprint density at radius 3 is 2.44 bits per heavy atom. The molecule has 1 aromatic carbocycles. The number of carbonyl (C=O) groups is 1. The number of benzene rings is 1. The molecule has 1 amide bonds. The molecular weight excluding hydrogens is 390 g/mol. The second-order valence-corrected chi connectivity index (χ2v) is 9.13. The number of carbonyl (C=O) groups excluding carboxylic acids is 1. The van der Waals surface area contributed by atoms with Gasteiger partial charge < -0.3 is 15.8 Å². The molecular formula is C18H30ClN3O4S. The second-order valence-electron chi connectivity index (χ2n) is 7.23. The van der Waals surface area contributed by atoms with Gasteiger partial charge in [0.2, 0.25) is 10.0 Å². The number of aryl methyl sites for hydroxylation is 1. The van der Waals surface area contributed by atoms with Gasteiger partial charge in [0.05, 0.1) is 23.6 Å². The number of nitrogens with zero attached hydrogens (tertiary/aromatic N) is 1. The summed E-state index contributed by atoms with van der Waals surface area (Å²) in [6.07, 6.45) is 0. The van der Waals surface area contributed by atoms with Crippen molar-refractivity contribution in [1.29, 1.82) is 0 Å². The second kappa shape index (κ2) is 9.34. The number of hydrogen-bond donors (Lipinski definition) is 2. The van der Waals surface area contributed by atoms with Crippen LogP contribution in [0.15, 0.2) is 23.1 Å². The van der Waals surface area contributed by atoms with Gasteiger partial charge in [0, 0.05) is 25.2 Å². The lowest BCUT2D eigenvalue weighted by atomic mass is 9.88. The summed E-state index contributed by atoms with van der Waals surface area (Å²) >= 11 is 0. The summed E-state index contributed by atoms with van der Waals surface area (Å²) in [5.74, 6) is -0.191. The van der Waals surface area contributed by atoms with Crippen LogP contribution in [-0.4, -0.2) is 57.0 Å². The Labute approximate surface area is 168 Å². The highest BCUT2D eigenvalue weighted by atomic mass is 35.5. The van der Waals surface area contributed by atoms with E-state index in [2.05, 4.69) is 5.32 Å². The van der Waals surface area contributed by atoms with Crippen LogP contribution in [-0.2, 0) is 14.8 Å². The number of amides is 1. The summed E-state index contributed by atoms with van der Waals surface area (Å²) in [5, 5.41) is 2.94. The quantitative estimate of drug-likeness (QED) is 0.728. The number of nitrogens with one attached hydrogen (secondary N) is 1. The van der Waals surface area contributed by atoms with Crippen molar-refractivity contribution in [3.63, 3.8) is 0 Å². The fraction of sp³-hybridized carbons (Fsp3) is 0.611. The van der Waals surface area contributed by atoms with Crippen molar-refractivity contribution in [3.8, 4) is 0 Å². The highest BCUT2D eigenvalue weighted by Gasteiger charge is 2.31. The Kier molecular flexibility index (Phi) is 8.25.